The van der Waals surface area contributed by atoms with Crippen molar-refractivity contribution in [3.05, 3.63) is 94.1 Å². The Morgan fingerprint density at radius 2 is 1.79 bits per heavy atom. The van der Waals surface area contributed by atoms with E-state index in [2.05, 4.69) is 0 Å². The van der Waals surface area contributed by atoms with Gasteiger partial charge in [-0.15, -0.1) is 0 Å². The van der Waals surface area contributed by atoms with Crippen LogP contribution in [0.3, 0.4) is 0 Å². The zero-order chi connectivity index (χ0) is 27.6. The van der Waals surface area contributed by atoms with Crippen LogP contribution in [0.1, 0.15) is 54.6 Å². The largest absolute Gasteiger partial charge is 0.507 e. The van der Waals surface area contributed by atoms with Crippen LogP contribution >= 0.6 is 0 Å². The maximum atomic E-state index is 13.5. The van der Waals surface area contributed by atoms with E-state index in [1.165, 1.54) is 11.0 Å². The Morgan fingerprint density at radius 1 is 1.03 bits per heavy atom. The second kappa shape index (κ2) is 11.0. The predicted octanol–water partition coefficient (Wildman–Crippen LogP) is 5.82. The Labute approximate surface area is 222 Å². The van der Waals surface area contributed by atoms with E-state index in [0.717, 1.165) is 16.7 Å². The Morgan fingerprint density at radius 3 is 2.50 bits per heavy atom. The van der Waals surface area contributed by atoms with Crippen LogP contribution in [0, 0.1) is 13.8 Å². The average Bonchev–Trinajstić information content (AvgIpc) is 3.12. The van der Waals surface area contributed by atoms with E-state index < -0.39 is 17.7 Å². The van der Waals surface area contributed by atoms with Gasteiger partial charge >= 0.3 is 0 Å². The first-order valence-electron chi connectivity index (χ1n) is 12.7. The Bertz CT molecular complexity index is 1410. The number of phenols is 1. The molecule has 0 aliphatic carbocycles. The summed E-state index contributed by atoms with van der Waals surface area (Å²) in [5.74, 6) is -1.07. The SMILES string of the molecule is CCOc1cc(C2/C(=C(/O)c3cccc(OC(C)C)c3)C(=O)C(=O)N2Cc2cc(C)ccc2C)ccc1O. The lowest BCUT2D eigenvalue weighted by Crippen LogP contribution is -2.29. The zero-order valence-corrected chi connectivity index (χ0v) is 22.3. The summed E-state index contributed by atoms with van der Waals surface area (Å²) in [5, 5.41) is 21.7. The number of rotatable bonds is 8. The third-order valence-electron chi connectivity index (χ3n) is 6.46. The van der Waals surface area contributed by atoms with Crippen molar-refractivity contribution < 1.29 is 29.3 Å². The Hall–Kier alpha value is -4.26. The molecule has 1 saturated heterocycles. The summed E-state index contributed by atoms with van der Waals surface area (Å²) in [6.45, 7) is 10.00. The molecule has 1 atom stereocenters. The molecule has 3 aromatic rings. The van der Waals surface area contributed by atoms with E-state index in [0.29, 0.717) is 23.5 Å². The lowest BCUT2D eigenvalue weighted by atomic mass is 9.94. The van der Waals surface area contributed by atoms with Crippen molar-refractivity contribution in [2.45, 2.75) is 53.3 Å². The number of ether oxygens (including phenoxy) is 2. The smallest absolute Gasteiger partial charge is 0.295 e. The number of amides is 1. The van der Waals surface area contributed by atoms with E-state index >= 15 is 0 Å². The number of phenolic OH excluding ortho intramolecular Hbond substituents is 1. The summed E-state index contributed by atoms with van der Waals surface area (Å²) < 4.78 is 11.3. The predicted molar refractivity (Wildman–Crippen MR) is 145 cm³/mol. The number of aliphatic hydroxyl groups excluding tert-OH is 1. The molecule has 7 heteroatoms. The number of nitrogens with zero attached hydrogens (tertiary/aromatic N) is 1. The summed E-state index contributed by atoms with van der Waals surface area (Å²) >= 11 is 0. The molecule has 7 nitrogen and oxygen atoms in total. The van der Waals surface area contributed by atoms with Gasteiger partial charge in [0.05, 0.1) is 24.3 Å². The Kier molecular flexibility index (Phi) is 7.76. The molecule has 2 N–H and O–H groups in total. The van der Waals surface area contributed by atoms with Gasteiger partial charge in [-0.25, -0.2) is 0 Å². The van der Waals surface area contributed by atoms with E-state index in [4.69, 9.17) is 9.47 Å². The molecule has 1 unspecified atom stereocenters. The molecule has 0 aromatic heterocycles. The highest BCUT2D eigenvalue weighted by atomic mass is 16.5. The first-order chi connectivity index (χ1) is 18.1. The molecule has 0 saturated carbocycles. The maximum absolute atomic E-state index is 13.5. The summed E-state index contributed by atoms with van der Waals surface area (Å²) in [6, 6.07) is 16.6. The minimum atomic E-state index is -0.899. The van der Waals surface area contributed by atoms with Gasteiger partial charge in [0.15, 0.2) is 11.5 Å². The number of ketones is 1. The van der Waals surface area contributed by atoms with Crippen LogP contribution in [0.4, 0.5) is 0 Å². The molecule has 198 valence electrons. The van der Waals surface area contributed by atoms with E-state index in [9.17, 15) is 19.8 Å². The fraction of sp³-hybridized carbons (Fsp3) is 0.290. The minimum Gasteiger partial charge on any atom is -0.507 e. The molecule has 1 amide bonds. The number of aryl methyl sites for hydroxylation is 2. The maximum Gasteiger partial charge on any atom is 0.295 e. The third-order valence-corrected chi connectivity index (χ3v) is 6.46. The molecule has 1 fully saturated rings. The van der Waals surface area contributed by atoms with Crippen molar-refractivity contribution in [2.24, 2.45) is 0 Å². The normalized spacial score (nSPS) is 16.8. The summed E-state index contributed by atoms with van der Waals surface area (Å²) in [6.07, 6.45) is -0.0791. The Balaban J connectivity index is 1.89. The number of carbonyl (C=O) groups excluding carboxylic acids is 2. The van der Waals surface area contributed by atoms with Gasteiger partial charge in [-0.1, -0.05) is 42.0 Å². The van der Waals surface area contributed by atoms with Gasteiger partial charge in [-0.3, -0.25) is 9.59 Å². The highest BCUT2D eigenvalue weighted by molar-refractivity contribution is 6.46. The van der Waals surface area contributed by atoms with Gasteiger partial charge in [0, 0.05) is 12.1 Å². The topological polar surface area (TPSA) is 96.3 Å². The molecule has 0 spiro atoms. The van der Waals surface area contributed by atoms with Crippen LogP contribution in [-0.4, -0.2) is 39.5 Å². The number of hydrogen-bond acceptors (Lipinski definition) is 6. The van der Waals surface area contributed by atoms with Gasteiger partial charge in [-0.05, 0) is 75.6 Å². The quantitative estimate of drug-likeness (QED) is 0.223. The van der Waals surface area contributed by atoms with Gasteiger partial charge in [0.25, 0.3) is 11.7 Å². The monoisotopic (exact) mass is 515 g/mol. The van der Waals surface area contributed by atoms with Crippen LogP contribution in [-0.2, 0) is 16.1 Å². The second-order valence-corrected chi connectivity index (χ2v) is 9.71. The number of likely N-dealkylation sites (tertiary alicyclic amines) is 1. The van der Waals surface area contributed by atoms with Crippen LogP contribution in [0.25, 0.3) is 5.76 Å². The average molecular weight is 516 g/mol. The number of aliphatic hydroxyl groups is 1. The highest BCUT2D eigenvalue weighted by Crippen LogP contribution is 2.43. The number of hydrogen-bond donors (Lipinski definition) is 2. The molecule has 0 radical (unpaired) electrons. The molecule has 1 heterocycles. The number of Topliss-reactive ketones (excluding diaryl/α,β-unsaturated/α-hetero) is 1. The first-order valence-corrected chi connectivity index (χ1v) is 12.7. The van der Waals surface area contributed by atoms with Crippen molar-refractivity contribution in [1.82, 2.24) is 4.90 Å². The number of aromatic hydroxyl groups is 1. The van der Waals surface area contributed by atoms with Crippen molar-refractivity contribution >= 4 is 17.4 Å². The van der Waals surface area contributed by atoms with Crippen molar-refractivity contribution in [3.63, 3.8) is 0 Å². The van der Waals surface area contributed by atoms with Gasteiger partial charge < -0.3 is 24.6 Å². The molecule has 0 bridgehead atoms. The highest BCUT2D eigenvalue weighted by Gasteiger charge is 2.46. The summed E-state index contributed by atoms with van der Waals surface area (Å²) in [7, 11) is 0. The minimum absolute atomic E-state index is 0.0323. The van der Waals surface area contributed by atoms with E-state index in [1.54, 1.807) is 43.3 Å². The van der Waals surface area contributed by atoms with Crippen molar-refractivity contribution in [2.75, 3.05) is 6.61 Å². The number of carbonyl (C=O) groups is 2. The van der Waals surface area contributed by atoms with Crippen LogP contribution < -0.4 is 9.47 Å². The van der Waals surface area contributed by atoms with E-state index in [-0.39, 0.29) is 35.5 Å². The van der Waals surface area contributed by atoms with Gasteiger partial charge in [-0.2, -0.15) is 0 Å². The van der Waals surface area contributed by atoms with Crippen LogP contribution in [0.5, 0.6) is 17.2 Å². The standard InChI is InChI=1S/C31H33NO6/c1-6-37-26-16-21(12-13-25(26)33)28-27(29(34)22-8-7-9-24(15-22)38-18(2)3)30(35)31(36)32(28)17-23-14-19(4)10-11-20(23)5/h7-16,18,28,33-34H,6,17H2,1-5H3/b29-27-. The molecule has 1 aliphatic heterocycles. The summed E-state index contributed by atoms with van der Waals surface area (Å²) in [5.41, 5.74) is 3.77. The fourth-order valence-electron chi connectivity index (χ4n) is 4.66. The van der Waals surface area contributed by atoms with Crippen LogP contribution in [0.15, 0.2) is 66.2 Å². The molecule has 3 aromatic carbocycles. The van der Waals surface area contributed by atoms with Crippen molar-refractivity contribution in [3.8, 4) is 17.2 Å². The number of benzene rings is 3. The van der Waals surface area contributed by atoms with Crippen LogP contribution in [0.2, 0.25) is 0 Å². The third kappa shape index (κ3) is 5.37. The lowest BCUT2D eigenvalue weighted by molar-refractivity contribution is -0.140. The second-order valence-electron chi connectivity index (χ2n) is 9.71. The zero-order valence-electron chi connectivity index (χ0n) is 22.3. The molecule has 4 rings (SSSR count). The van der Waals surface area contributed by atoms with Crippen molar-refractivity contribution in [1.29, 1.82) is 0 Å². The molecular formula is C31H33NO6. The first kappa shape index (κ1) is 26.8. The molecular weight excluding hydrogens is 482 g/mol. The van der Waals surface area contributed by atoms with E-state index in [1.807, 2.05) is 45.9 Å². The van der Waals surface area contributed by atoms with Gasteiger partial charge in [0.1, 0.15) is 11.5 Å². The fourth-order valence-corrected chi connectivity index (χ4v) is 4.66. The molecule has 38 heavy (non-hydrogen) atoms. The lowest BCUT2D eigenvalue weighted by Gasteiger charge is -2.26. The van der Waals surface area contributed by atoms with Gasteiger partial charge in [0.2, 0.25) is 0 Å². The molecule has 1 aliphatic rings. The summed E-state index contributed by atoms with van der Waals surface area (Å²) in [4.78, 5) is 28.4.